The SMILES string of the molecule is CCOC(=O)Cc1ccc(OCc2cnc(OC)nc2)cc1. The molecule has 0 radical (unpaired) electrons. The summed E-state index contributed by atoms with van der Waals surface area (Å²) in [6.45, 7) is 2.54. The highest BCUT2D eigenvalue weighted by atomic mass is 16.5. The summed E-state index contributed by atoms with van der Waals surface area (Å²) in [5.41, 5.74) is 1.73. The van der Waals surface area contributed by atoms with Crippen molar-refractivity contribution in [2.75, 3.05) is 13.7 Å². The van der Waals surface area contributed by atoms with Crippen LogP contribution in [0.3, 0.4) is 0 Å². The fourth-order valence-electron chi connectivity index (χ4n) is 1.77. The molecule has 0 N–H and O–H groups in total. The maximum atomic E-state index is 11.4. The lowest BCUT2D eigenvalue weighted by Gasteiger charge is -2.07. The van der Waals surface area contributed by atoms with Crippen LogP contribution in [0.15, 0.2) is 36.7 Å². The zero-order valence-corrected chi connectivity index (χ0v) is 12.6. The van der Waals surface area contributed by atoms with Crippen LogP contribution in [0.4, 0.5) is 0 Å². The third-order valence-electron chi connectivity index (χ3n) is 2.85. The number of carbonyl (C=O) groups is 1. The summed E-state index contributed by atoms with van der Waals surface area (Å²) in [7, 11) is 1.52. The van der Waals surface area contributed by atoms with E-state index in [0.29, 0.717) is 25.0 Å². The molecule has 116 valence electrons. The second-order valence-corrected chi connectivity index (χ2v) is 4.49. The van der Waals surface area contributed by atoms with E-state index in [1.807, 2.05) is 24.3 Å². The molecule has 0 atom stereocenters. The van der Waals surface area contributed by atoms with Gasteiger partial charge in [0.1, 0.15) is 12.4 Å². The molecule has 1 aromatic heterocycles. The first kappa shape index (κ1) is 15.8. The predicted octanol–water partition coefficient (Wildman–Crippen LogP) is 2.17. The predicted molar refractivity (Wildman–Crippen MR) is 79.7 cm³/mol. The molecule has 6 nitrogen and oxygen atoms in total. The van der Waals surface area contributed by atoms with Gasteiger partial charge in [0.25, 0.3) is 0 Å². The van der Waals surface area contributed by atoms with Crippen LogP contribution in [-0.2, 0) is 22.6 Å². The Morgan fingerprint density at radius 1 is 1.09 bits per heavy atom. The molecular weight excluding hydrogens is 284 g/mol. The number of esters is 1. The molecule has 0 unspecified atom stereocenters. The lowest BCUT2D eigenvalue weighted by Crippen LogP contribution is -2.07. The summed E-state index contributed by atoms with van der Waals surface area (Å²) < 4.78 is 15.4. The summed E-state index contributed by atoms with van der Waals surface area (Å²) in [6.07, 6.45) is 3.57. The van der Waals surface area contributed by atoms with E-state index in [2.05, 4.69) is 9.97 Å². The van der Waals surface area contributed by atoms with Crippen molar-refractivity contribution in [3.05, 3.63) is 47.8 Å². The molecule has 0 aliphatic heterocycles. The fourth-order valence-corrected chi connectivity index (χ4v) is 1.77. The monoisotopic (exact) mass is 302 g/mol. The highest BCUT2D eigenvalue weighted by molar-refractivity contribution is 5.72. The second kappa shape index (κ2) is 7.97. The summed E-state index contributed by atoms with van der Waals surface area (Å²) in [6, 6.07) is 7.65. The number of carbonyl (C=O) groups excluding carboxylic acids is 1. The molecule has 0 spiro atoms. The molecule has 0 amide bonds. The maximum Gasteiger partial charge on any atom is 0.316 e. The van der Waals surface area contributed by atoms with Gasteiger partial charge >= 0.3 is 12.0 Å². The molecule has 22 heavy (non-hydrogen) atoms. The Morgan fingerprint density at radius 3 is 2.36 bits per heavy atom. The van der Waals surface area contributed by atoms with Crippen LogP contribution >= 0.6 is 0 Å². The van der Waals surface area contributed by atoms with Gasteiger partial charge in [0.2, 0.25) is 0 Å². The molecule has 2 aromatic rings. The van der Waals surface area contributed by atoms with E-state index in [-0.39, 0.29) is 12.4 Å². The van der Waals surface area contributed by atoms with E-state index >= 15 is 0 Å². The van der Waals surface area contributed by atoms with E-state index in [1.165, 1.54) is 7.11 Å². The van der Waals surface area contributed by atoms with Gasteiger partial charge in [0.15, 0.2) is 0 Å². The van der Waals surface area contributed by atoms with Crippen LogP contribution in [0.5, 0.6) is 11.8 Å². The Balaban J connectivity index is 1.86. The number of rotatable bonds is 7. The summed E-state index contributed by atoms with van der Waals surface area (Å²) in [5, 5.41) is 0. The number of hydrogen-bond donors (Lipinski definition) is 0. The van der Waals surface area contributed by atoms with Crippen molar-refractivity contribution in [2.24, 2.45) is 0 Å². The Bertz CT molecular complexity index is 597. The lowest BCUT2D eigenvalue weighted by atomic mass is 10.1. The molecule has 0 saturated heterocycles. The van der Waals surface area contributed by atoms with Gasteiger partial charge in [-0.2, -0.15) is 0 Å². The first-order valence-corrected chi connectivity index (χ1v) is 6.93. The molecule has 6 heteroatoms. The smallest absolute Gasteiger partial charge is 0.316 e. The zero-order chi connectivity index (χ0) is 15.8. The molecule has 0 aliphatic rings. The Kier molecular flexibility index (Phi) is 5.71. The Labute approximate surface area is 129 Å². The van der Waals surface area contributed by atoms with Crippen molar-refractivity contribution in [1.29, 1.82) is 0 Å². The van der Waals surface area contributed by atoms with Gasteiger partial charge in [-0.15, -0.1) is 0 Å². The normalized spacial score (nSPS) is 10.1. The number of ether oxygens (including phenoxy) is 3. The molecule has 0 aliphatic carbocycles. The van der Waals surface area contributed by atoms with Crippen LogP contribution in [0, 0.1) is 0 Å². The van der Waals surface area contributed by atoms with Crippen LogP contribution in [-0.4, -0.2) is 29.7 Å². The fraction of sp³-hybridized carbons (Fsp3) is 0.312. The number of aromatic nitrogens is 2. The van der Waals surface area contributed by atoms with E-state index in [1.54, 1.807) is 19.3 Å². The Hall–Kier alpha value is -2.63. The standard InChI is InChI=1S/C16H18N2O4/c1-3-21-15(19)8-12-4-6-14(7-5-12)22-11-13-9-17-16(20-2)18-10-13/h4-7,9-10H,3,8,11H2,1-2H3. The van der Waals surface area contributed by atoms with Gasteiger partial charge in [-0.05, 0) is 24.6 Å². The molecule has 0 saturated carbocycles. The number of hydrogen-bond acceptors (Lipinski definition) is 6. The highest BCUT2D eigenvalue weighted by Gasteiger charge is 2.04. The molecule has 1 aromatic carbocycles. The van der Waals surface area contributed by atoms with E-state index < -0.39 is 0 Å². The molecule has 0 bridgehead atoms. The van der Waals surface area contributed by atoms with Crippen LogP contribution in [0.2, 0.25) is 0 Å². The second-order valence-electron chi connectivity index (χ2n) is 4.49. The quantitative estimate of drug-likeness (QED) is 0.730. The van der Waals surface area contributed by atoms with Gasteiger partial charge < -0.3 is 14.2 Å². The van der Waals surface area contributed by atoms with Crippen molar-refractivity contribution < 1.29 is 19.0 Å². The molecule has 2 rings (SSSR count). The van der Waals surface area contributed by atoms with Crippen LogP contribution in [0.25, 0.3) is 0 Å². The minimum Gasteiger partial charge on any atom is -0.489 e. The van der Waals surface area contributed by atoms with Crippen molar-refractivity contribution in [2.45, 2.75) is 20.0 Å². The minimum atomic E-state index is -0.230. The molecule has 1 heterocycles. The zero-order valence-electron chi connectivity index (χ0n) is 12.6. The van der Waals surface area contributed by atoms with Crippen molar-refractivity contribution in [3.63, 3.8) is 0 Å². The summed E-state index contributed by atoms with van der Waals surface area (Å²) in [4.78, 5) is 19.4. The van der Waals surface area contributed by atoms with Gasteiger partial charge in [-0.1, -0.05) is 12.1 Å². The summed E-state index contributed by atoms with van der Waals surface area (Å²) in [5.74, 6) is 0.481. The van der Waals surface area contributed by atoms with Gasteiger partial charge in [-0.3, -0.25) is 4.79 Å². The topological polar surface area (TPSA) is 70.5 Å². The highest BCUT2D eigenvalue weighted by Crippen LogP contribution is 2.15. The van der Waals surface area contributed by atoms with Gasteiger partial charge in [0, 0.05) is 18.0 Å². The van der Waals surface area contributed by atoms with Crippen LogP contribution < -0.4 is 9.47 Å². The van der Waals surface area contributed by atoms with Crippen molar-refractivity contribution in [1.82, 2.24) is 9.97 Å². The maximum absolute atomic E-state index is 11.4. The first-order chi connectivity index (χ1) is 10.7. The van der Waals surface area contributed by atoms with E-state index in [9.17, 15) is 4.79 Å². The largest absolute Gasteiger partial charge is 0.489 e. The molecular formula is C16H18N2O4. The van der Waals surface area contributed by atoms with Crippen molar-refractivity contribution in [3.8, 4) is 11.8 Å². The molecule has 0 fully saturated rings. The van der Waals surface area contributed by atoms with Crippen LogP contribution in [0.1, 0.15) is 18.1 Å². The summed E-state index contributed by atoms with van der Waals surface area (Å²) >= 11 is 0. The van der Waals surface area contributed by atoms with Gasteiger partial charge in [-0.25, -0.2) is 9.97 Å². The van der Waals surface area contributed by atoms with E-state index in [0.717, 1.165) is 11.1 Å². The first-order valence-electron chi connectivity index (χ1n) is 6.93. The third kappa shape index (κ3) is 4.73. The number of methoxy groups -OCH3 is 1. The minimum absolute atomic E-state index is 0.230. The van der Waals surface area contributed by atoms with Gasteiger partial charge in [0.05, 0.1) is 20.1 Å². The van der Waals surface area contributed by atoms with E-state index in [4.69, 9.17) is 14.2 Å². The number of nitrogens with zero attached hydrogens (tertiary/aromatic N) is 2. The third-order valence-corrected chi connectivity index (χ3v) is 2.85. The lowest BCUT2D eigenvalue weighted by molar-refractivity contribution is -0.142. The van der Waals surface area contributed by atoms with Crippen molar-refractivity contribution >= 4 is 5.97 Å². The number of benzene rings is 1. The average molecular weight is 302 g/mol. The average Bonchev–Trinajstić information content (AvgIpc) is 2.55. The Morgan fingerprint density at radius 2 is 1.77 bits per heavy atom.